The number of hydrogen-bond acceptors (Lipinski definition) is 4. The quantitative estimate of drug-likeness (QED) is 0.717. The highest BCUT2D eigenvalue weighted by molar-refractivity contribution is 6.30. The Bertz CT molecular complexity index is 1030. The second kappa shape index (κ2) is 6.82. The molecule has 1 aliphatic heterocycles. The molecule has 0 radical (unpaired) electrons. The summed E-state index contributed by atoms with van der Waals surface area (Å²) in [5.41, 5.74) is 3.55. The van der Waals surface area contributed by atoms with E-state index in [4.69, 9.17) is 11.6 Å². The predicted octanol–water partition coefficient (Wildman–Crippen LogP) is 3.65. The molecule has 26 heavy (non-hydrogen) atoms. The number of aromatic amines is 1. The lowest BCUT2D eigenvalue weighted by Gasteiger charge is -2.28. The van der Waals surface area contributed by atoms with Crippen molar-refractivity contribution in [3.8, 4) is 0 Å². The van der Waals surface area contributed by atoms with Gasteiger partial charge in [0.1, 0.15) is 11.0 Å². The molecule has 1 aliphatic rings. The van der Waals surface area contributed by atoms with Crippen LogP contribution in [-0.4, -0.2) is 26.4 Å². The van der Waals surface area contributed by atoms with Crippen molar-refractivity contribution in [2.24, 2.45) is 0 Å². The second-order valence-electron chi connectivity index (χ2n) is 7.12. The van der Waals surface area contributed by atoms with E-state index < -0.39 is 0 Å². The van der Waals surface area contributed by atoms with Crippen molar-refractivity contribution in [3.05, 3.63) is 68.5 Å². The van der Waals surface area contributed by atoms with Crippen LogP contribution >= 0.6 is 11.6 Å². The lowest BCUT2D eigenvalue weighted by molar-refractivity contribution is 0.241. The fourth-order valence-corrected chi connectivity index (χ4v) is 3.60. The van der Waals surface area contributed by atoms with Crippen LogP contribution in [0.1, 0.15) is 42.4 Å². The first-order valence-corrected chi connectivity index (χ1v) is 9.27. The van der Waals surface area contributed by atoms with Crippen LogP contribution in [0.25, 0.3) is 10.9 Å². The zero-order valence-corrected chi connectivity index (χ0v) is 15.7. The zero-order chi connectivity index (χ0) is 18.3. The number of nitrogens with one attached hydrogen (secondary N) is 1. The van der Waals surface area contributed by atoms with E-state index in [1.165, 1.54) is 0 Å². The Morgan fingerprint density at radius 2 is 2.08 bits per heavy atom. The lowest BCUT2D eigenvalue weighted by Crippen LogP contribution is -2.36. The summed E-state index contributed by atoms with van der Waals surface area (Å²) in [5, 5.41) is 1.60. The largest absolute Gasteiger partial charge is 0.310 e. The van der Waals surface area contributed by atoms with Gasteiger partial charge in [-0.15, -0.1) is 0 Å². The summed E-state index contributed by atoms with van der Waals surface area (Å²) in [6.07, 6.45) is 0.775. The van der Waals surface area contributed by atoms with Crippen molar-refractivity contribution in [2.45, 2.75) is 39.3 Å². The number of hydrogen-bond donors (Lipinski definition) is 1. The van der Waals surface area contributed by atoms with E-state index in [-0.39, 0.29) is 11.5 Å². The van der Waals surface area contributed by atoms with Gasteiger partial charge in [-0.1, -0.05) is 43.6 Å². The standard InChI is InChI=1S/C20H21ClN4O/c1-12(2)19-23-17-7-8-25(11-15(17)20(26)24-19)10-14-9-13-5-3-4-6-16(13)22-18(14)21/h3-6,9,12H,7-8,10-11H2,1-2H3,(H,23,24,26). The number of pyridine rings is 1. The average molecular weight is 369 g/mol. The van der Waals surface area contributed by atoms with Crippen LogP contribution < -0.4 is 5.56 Å². The van der Waals surface area contributed by atoms with E-state index in [1.54, 1.807) is 0 Å². The van der Waals surface area contributed by atoms with Gasteiger partial charge in [0.05, 0.1) is 16.8 Å². The minimum absolute atomic E-state index is 0.0221. The molecular weight excluding hydrogens is 348 g/mol. The highest BCUT2D eigenvalue weighted by atomic mass is 35.5. The second-order valence-corrected chi connectivity index (χ2v) is 7.48. The van der Waals surface area contributed by atoms with Gasteiger partial charge < -0.3 is 4.98 Å². The molecule has 0 fully saturated rings. The maximum Gasteiger partial charge on any atom is 0.255 e. The number of aromatic nitrogens is 3. The molecule has 0 spiro atoms. The van der Waals surface area contributed by atoms with Crippen molar-refractivity contribution in [3.63, 3.8) is 0 Å². The van der Waals surface area contributed by atoms with Crippen molar-refractivity contribution >= 4 is 22.5 Å². The van der Waals surface area contributed by atoms with Crippen LogP contribution in [0, 0.1) is 0 Å². The first-order chi connectivity index (χ1) is 12.5. The third-order valence-electron chi connectivity index (χ3n) is 4.86. The van der Waals surface area contributed by atoms with Gasteiger partial charge in [-0.2, -0.15) is 0 Å². The number of fused-ring (bicyclic) bond motifs is 2. The Morgan fingerprint density at radius 3 is 2.88 bits per heavy atom. The maximum absolute atomic E-state index is 12.5. The molecule has 0 unspecified atom stereocenters. The van der Waals surface area contributed by atoms with Gasteiger partial charge in [0.25, 0.3) is 5.56 Å². The third-order valence-corrected chi connectivity index (χ3v) is 5.18. The molecule has 0 atom stereocenters. The van der Waals surface area contributed by atoms with Gasteiger partial charge in [0, 0.05) is 42.9 Å². The van der Waals surface area contributed by atoms with Gasteiger partial charge >= 0.3 is 0 Å². The van der Waals surface area contributed by atoms with Crippen LogP contribution in [0.3, 0.4) is 0 Å². The molecule has 6 heteroatoms. The molecule has 2 aromatic heterocycles. The summed E-state index contributed by atoms with van der Waals surface area (Å²) >= 11 is 6.39. The highest BCUT2D eigenvalue weighted by Crippen LogP contribution is 2.24. The summed E-state index contributed by atoms with van der Waals surface area (Å²) in [7, 11) is 0. The van der Waals surface area contributed by atoms with Gasteiger partial charge in [0.15, 0.2) is 0 Å². The molecule has 0 amide bonds. The van der Waals surface area contributed by atoms with E-state index in [0.29, 0.717) is 18.2 Å². The first kappa shape index (κ1) is 17.2. The predicted molar refractivity (Wildman–Crippen MR) is 104 cm³/mol. The number of para-hydroxylation sites is 1. The Balaban J connectivity index is 1.60. The Labute approximate surface area is 157 Å². The lowest BCUT2D eigenvalue weighted by atomic mass is 10.0. The van der Waals surface area contributed by atoms with E-state index in [9.17, 15) is 4.79 Å². The number of benzene rings is 1. The summed E-state index contributed by atoms with van der Waals surface area (Å²) in [5.74, 6) is 0.984. The zero-order valence-electron chi connectivity index (χ0n) is 14.9. The Morgan fingerprint density at radius 1 is 1.27 bits per heavy atom. The molecule has 0 saturated carbocycles. The molecule has 0 aliphatic carbocycles. The molecule has 3 heterocycles. The number of rotatable bonds is 3. The number of H-pyrrole nitrogens is 1. The van der Waals surface area contributed by atoms with Crippen molar-refractivity contribution in [1.29, 1.82) is 0 Å². The molecule has 1 N–H and O–H groups in total. The van der Waals surface area contributed by atoms with E-state index >= 15 is 0 Å². The summed E-state index contributed by atoms with van der Waals surface area (Å²) in [4.78, 5) is 26.8. The van der Waals surface area contributed by atoms with Crippen LogP contribution in [0.15, 0.2) is 35.1 Å². The maximum atomic E-state index is 12.5. The normalized spacial score (nSPS) is 14.8. The highest BCUT2D eigenvalue weighted by Gasteiger charge is 2.22. The van der Waals surface area contributed by atoms with Crippen molar-refractivity contribution in [1.82, 2.24) is 19.9 Å². The Kier molecular flexibility index (Phi) is 4.51. The molecule has 3 aromatic rings. The molecule has 1 aromatic carbocycles. The topological polar surface area (TPSA) is 61.9 Å². The summed E-state index contributed by atoms with van der Waals surface area (Å²) < 4.78 is 0. The van der Waals surface area contributed by atoms with Gasteiger partial charge in [-0.05, 0) is 12.1 Å². The van der Waals surface area contributed by atoms with Gasteiger partial charge in [-0.25, -0.2) is 9.97 Å². The van der Waals surface area contributed by atoms with Crippen LogP contribution in [0.4, 0.5) is 0 Å². The SMILES string of the molecule is CC(C)c1nc2c(c(=O)[nH]1)CN(Cc1cc3ccccc3nc1Cl)CC2. The van der Waals surface area contributed by atoms with E-state index in [0.717, 1.165) is 46.5 Å². The van der Waals surface area contributed by atoms with E-state index in [2.05, 4.69) is 25.9 Å². The summed E-state index contributed by atoms with van der Waals surface area (Å²) in [6, 6.07) is 10.0. The van der Waals surface area contributed by atoms with Crippen LogP contribution in [0.5, 0.6) is 0 Å². The van der Waals surface area contributed by atoms with Gasteiger partial charge in [0.2, 0.25) is 0 Å². The first-order valence-electron chi connectivity index (χ1n) is 8.89. The minimum Gasteiger partial charge on any atom is -0.310 e. The number of halogens is 1. The molecule has 0 bridgehead atoms. The van der Waals surface area contributed by atoms with Crippen molar-refractivity contribution in [2.75, 3.05) is 6.54 Å². The molecule has 5 nitrogen and oxygen atoms in total. The third kappa shape index (κ3) is 3.24. The molecule has 4 rings (SSSR count). The van der Waals surface area contributed by atoms with Crippen molar-refractivity contribution < 1.29 is 0 Å². The van der Waals surface area contributed by atoms with E-state index in [1.807, 2.05) is 38.1 Å². The molecule has 134 valence electrons. The average Bonchev–Trinajstić information content (AvgIpc) is 2.62. The Hall–Kier alpha value is -2.24. The number of nitrogens with zero attached hydrogens (tertiary/aromatic N) is 3. The minimum atomic E-state index is -0.0221. The van der Waals surface area contributed by atoms with Crippen LogP contribution in [-0.2, 0) is 19.5 Å². The monoisotopic (exact) mass is 368 g/mol. The fraction of sp³-hybridized carbons (Fsp3) is 0.350. The summed E-state index contributed by atoms with van der Waals surface area (Å²) in [6.45, 7) is 6.17. The molecular formula is C20H21ClN4O. The fourth-order valence-electron chi connectivity index (χ4n) is 3.40. The van der Waals surface area contributed by atoms with Crippen LogP contribution in [0.2, 0.25) is 5.15 Å². The smallest absolute Gasteiger partial charge is 0.255 e. The molecule has 0 saturated heterocycles. The van der Waals surface area contributed by atoms with Gasteiger partial charge in [-0.3, -0.25) is 9.69 Å².